The first-order valence-corrected chi connectivity index (χ1v) is 7.55. The zero-order chi connectivity index (χ0) is 14.9. The van der Waals surface area contributed by atoms with E-state index >= 15 is 0 Å². The summed E-state index contributed by atoms with van der Waals surface area (Å²) in [7, 11) is 0. The number of halogens is 2. The minimum Gasteiger partial charge on any atom is -0.435 e. The quantitative estimate of drug-likeness (QED) is 0.898. The normalized spacial score (nSPS) is 32.2. The molecule has 0 aromatic heterocycles. The van der Waals surface area contributed by atoms with Gasteiger partial charge in [0, 0.05) is 18.5 Å². The molecule has 2 heterocycles. The fourth-order valence-corrected chi connectivity index (χ4v) is 3.79. The van der Waals surface area contributed by atoms with Crippen LogP contribution in [0.5, 0.6) is 5.75 Å². The third kappa shape index (κ3) is 3.52. The van der Waals surface area contributed by atoms with Crippen molar-refractivity contribution in [3.8, 4) is 5.75 Å². The third-order valence-corrected chi connectivity index (χ3v) is 4.54. The van der Waals surface area contributed by atoms with E-state index in [2.05, 4.69) is 10.1 Å². The summed E-state index contributed by atoms with van der Waals surface area (Å²) in [6.45, 7) is -2.84. The second kappa shape index (κ2) is 5.89. The number of aliphatic hydroxyl groups is 1. The number of alkyl halides is 2. The summed E-state index contributed by atoms with van der Waals surface area (Å²) >= 11 is 0. The summed E-state index contributed by atoms with van der Waals surface area (Å²) in [5, 5.41) is 14.4. The lowest BCUT2D eigenvalue weighted by molar-refractivity contribution is -0.0539. The van der Waals surface area contributed by atoms with Gasteiger partial charge in [0.05, 0.1) is 5.60 Å². The molecule has 2 unspecified atom stereocenters. The summed E-state index contributed by atoms with van der Waals surface area (Å²) in [6, 6.07) is 7.43. The van der Waals surface area contributed by atoms with Crippen molar-refractivity contribution in [2.45, 2.75) is 62.8 Å². The Labute approximate surface area is 123 Å². The average molecular weight is 297 g/mol. The molecule has 3 nitrogen and oxygen atoms in total. The van der Waals surface area contributed by atoms with Crippen molar-refractivity contribution in [1.82, 2.24) is 5.32 Å². The van der Waals surface area contributed by atoms with Gasteiger partial charge >= 0.3 is 6.61 Å². The highest BCUT2D eigenvalue weighted by atomic mass is 19.3. The molecule has 2 N–H and O–H groups in total. The van der Waals surface area contributed by atoms with Crippen molar-refractivity contribution < 1.29 is 18.6 Å². The van der Waals surface area contributed by atoms with Gasteiger partial charge in [-0.3, -0.25) is 0 Å². The van der Waals surface area contributed by atoms with E-state index in [4.69, 9.17) is 0 Å². The van der Waals surface area contributed by atoms with E-state index in [1.54, 1.807) is 18.2 Å². The first-order chi connectivity index (χ1) is 10.0. The van der Waals surface area contributed by atoms with Crippen LogP contribution in [0.1, 0.15) is 37.7 Å². The number of ether oxygens (including phenoxy) is 1. The number of piperidine rings is 2. The molecule has 21 heavy (non-hydrogen) atoms. The Morgan fingerprint density at radius 1 is 1.24 bits per heavy atom. The maximum Gasteiger partial charge on any atom is 0.387 e. The number of para-hydroxylation sites is 1. The second-order valence-electron chi connectivity index (χ2n) is 6.29. The molecule has 2 aliphatic rings. The van der Waals surface area contributed by atoms with Crippen LogP contribution >= 0.6 is 0 Å². The Morgan fingerprint density at radius 3 is 2.57 bits per heavy atom. The summed E-state index contributed by atoms with van der Waals surface area (Å²) in [5.41, 5.74) is -0.178. The van der Waals surface area contributed by atoms with E-state index in [1.807, 2.05) is 0 Å². The Morgan fingerprint density at radius 2 is 1.90 bits per heavy atom. The first-order valence-electron chi connectivity index (χ1n) is 7.55. The SMILES string of the molecule is OC1(Cc2ccccc2OC(F)F)CC2CCCC(C1)N2. The number of benzene rings is 1. The topological polar surface area (TPSA) is 41.5 Å². The van der Waals surface area contributed by atoms with E-state index < -0.39 is 12.2 Å². The summed E-state index contributed by atoms with van der Waals surface area (Å²) in [5.74, 6) is 0.171. The number of hydrogen-bond acceptors (Lipinski definition) is 3. The predicted molar refractivity (Wildman–Crippen MR) is 75.5 cm³/mol. The van der Waals surface area contributed by atoms with Gasteiger partial charge in [0.25, 0.3) is 0 Å². The van der Waals surface area contributed by atoms with Gasteiger partial charge in [-0.15, -0.1) is 0 Å². The molecule has 5 heteroatoms. The van der Waals surface area contributed by atoms with E-state index in [9.17, 15) is 13.9 Å². The van der Waals surface area contributed by atoms with Gasteiger partial charge in [0.1, 0.15) is 5.75 Å². The smallest absolute Gasteiger partial charge is 0.387 e. The lowest BCUT2D eigenvalue weighted by Crippen LogP contribution is -2.56. The van der Waals surface area contributed by atoms with Crippen molar-refractivity contribution in [2.75, 3.05) is 0 Å². The van der Waals surface area contributed by atoms with Gasteiger partial charge in [-0.05, 0) is 37.3 Å². The fraction of sp³-hybridized carbons (Fsp3) is 0.625. The molecule has 2 fully saturated rings. The molecular formula is C16H21F2NO2. The molecule has 2 atom stereocenters. The highest BCUT2D eigenvalue weighted by Crippen LogP contribution is 2.36. The zero-order valence-corrected chi connectivity index (χ0v) is 11.9. The van der Waals surface area contributed by atoms with Gasteiger partial charge in [-0.2, -0.15) is 8.78 Å². The lowest BCUT2D eigenvalue weighted by Gasteiger charge is -2.45. The Hall–Kier alpha value is -1.20. The van der Waals surface area contributed by atoms with Gasteiger partial charge in [-0.1, -0.05) is 24.6 Å². The standard InChI is InChI=1S/C16H21F2NO2/c17-15(18)21-14-7-2-1-4-11(14)8-16(20)9-12-5-3-6-13(10-16)19-12/h1-2,4,7,12-13,15,19-20H,3,5-6,8-10H2. The van der Waals surface area contributed by atoms with Crippen molar-refractivity contribution in [3.05, 3.63) is 29.8 Å². The highest BCUT2D eigenvalue weighted by molar-refractivity contribution is 5.34. The fourth-order valence-electron chi connectivity index (χ4n) is 3.79. The average Bonchev–Trinajstić information content (AvgIpc) is 2.39. The molecule has 0 radical (unpaired) electrons. The van der Waals surface area contributed by atoms with Gasteiger partial charge in [0.15, 0.2) is 0 Å². The van der Waals surface area contributed by atoms with Crippen molar-refractivity contribution in [3.63, 3.8) is 0 Å². The Kier molecular flexibility index (Phi) is 4.13. The Balaban J connectivity index is 1.76. The van der Waals surface area contributed by atoms with Crippen molar-refractivity contribution >= 4 is 0 Å². The minimum atomic E-state index is -2.84. The maximum atomic E-state index is 12.5. The molecule has 3 rings (SSSR count). The molecule has 1 aromatic carbocycles. The van der Waals surface area contributed by atoms with Gasteiger partial charge in [0.2, 0.25) is 0 Å². The third-order valence-electron chi connectivity index (χ3n) is 4.54. The molecule has 1 aromatic rings. The molecule has 2 saturated heterocycles. The van der Waals surface area contributed by atoms with E-state index in [1.165, 1.54) is 12.5 Å². The molecule has 0 saturated carbocycles. The van der Waals surface area contributed by atoms with E-state index in [0.29, 0.717) is 36.9 Å². The maximum absolute atomic E-state index is 12.5. The lowest BCUT2D eigenvalue weighted by atomic mass is 9.74. The second-order valence-corrected chi connectivity index (χ2v) is 6.29. The van der Waals surface area contributed by atoms with Crippen LogP contribution in [0.3, 0.4) is 0 Å². The Bertz CT molecular complexity index is 483. The highest BCUT2D eigenvalue weighted by Gasteiger charge is 2.40. The van der Waals surface area contributed by atoms with Crippen LogP contribution in [-0.2, 0) is 6.42 Å². The summed E-state index contributed by atoms with van der Waals surface area (Å²) in [6.07, 6.45) is 5.06. The monoisotopic (exact) mass is 297 g/mol. The zero-order valence-electron chi connectivity index (χ0n) is 11.9. The first kappa shape index (κ1) is 14.7. The number of nitrogens with one attached hydrogen (secondary N) is 1. The van der Waals surface area contributed by atoms with Crippen LogP contribution in [0.2, 0.25) is 0 Å². The molecule has 0 spiro atoms. The van der Waals surface area contributed by atoms with Crippen molar-refractivity contribution in [2.24, 2.45) is 0 Å². The summed E-state index contributed by atoms with van der Waals surface area (Å²) in [4.78, 5) is 0. The van der Waals surface area contributed by atoms with Crippen LogP contribution in [-0.4, -0.2) is 29.4 Å². The molecule has 116 valence electrons. The van der Waals surface area contributed by atoms with E-state index in [-0.39, 0.29) is 5.75 Å². The minimum absolute atomic E-state index is 0.171. The number of fused-ring (bicyclic) bond motifs is 2. The number of rotatable bonds is 4. The molecule has 2 bridgehead atoms. The molecule has 2 aliphatic heterocycles. The van der Waals surface area contributed by atoms with E-state index in [0.717, 1.165) is 12.8 Å². The van der Waals surface area contributed by atoms with Crippen molar-refractivity contribution in [1.29, 1.82) is 0 Å². The number of hydrogen-bond donors (Lipinski definition) is 2. The predicted octanol–water partition coefficient (Wildman–Crippen LogP) is 2.87. The molecular weight excluding hydrogens is 276 g/mol. The molecule has 0 amide bonds. The largest absolute Gasteiger partial charge is 0.435 e. The summed E-state index contributed by atoms with van der Waals surface area (Å²) < 4.78 is 29.5. The van der Waals surface area contributed by atoms with Gasteiger partial charge in [-0.25, -0.2) is 0 Å². The van der Waals surface area contributed by atoms with Crippen LogP contribution in [0.4, 0.5) is 8.78 Å². The van der Waals surface area contributed by atoms with Crippen LogP contribution in [0.25, 0.3) is 0 Å². The van der Waals surface area contributed by atoms with Crippen LogP contribution in [0, 0.1) is 0 Å². The molecule has 0 aliphatic carbocycles. The van der Waals surface area contributed by atoms with Gasteiger partial charge < -0.3 is 15.2 Å². The van der Waals surface area contributed by atoms with Crippen LogP contribution < -0.4 is 10.1 Å². The van der Waals surface area contributed by atoms with Crippen LogP contribution in [0.15, 0.2) is 24.3 Å².